The normalized spacial score (nSPS) is 11.1. The third kappa shape index (κ3) is 2.45. The number of aromatic amines is 1. The first-order valence-corrected chi connectivity index (χ1v) is 6.43. The first kappa shape index (κ1) is 11.8. The number of aromatic nitrogens is 2. The zero-order valence-corrected chi connectivity index (χ0v) is 11.1. The lowest BCUT2D eigenvalue weighted by molar-refractivity contribution is 0.242. The minimum Gasteiger partial charge on any atom is -0.491 e. The highest BCUT2D eigenvalue weighted by atomic mass is 16.5. The van der Waals surface area contributed by atoms with E-state index >= 15 is 0 Å². The summed E-state index contributed by atoms with van der Waals surface area (Å²) in [6.07, 6.45) is 1.99. The summed E-state index contributed by atoms with van der Waals surface area (Å²) in [6, 6.07) is 14.2. The smallest absolute Gasteiger partial charge is 0.137 e. The first-order valence-electron chi connectivity index (χ1n) is 6.43. The van der Waals surface area contributed by atoms with Crippen LogP contribution in [0.1, 0.15) is 13.8 Å². The molecular formula is C16H16N2O. The first-order chi connectivity index (χ1) is 9.22. The molecule has 0 unspecified atom stereocenters. The summed E-state index contributed by atoms with van der Waals surface area (Å²) in [5.41, 5.74) is 3.12. The van der Waals surface area contributed by atoms with Crippen LogP contribution in [0.3, 0.4) is 0 Å². The van der Waals surface area contributed by atoms with E-state index < -0.39 is 0 Å². The number of hydrogen-bond donors (Lipinski definition) is 1. The average Bonchev–Trinajstić information content (AvgIpc) is 2.82. The number of rotatable bonds is 3. The Morgan fingerprint density at radius 2 is 1.89 bits per heavy atom. The number of ether oxygens (including phenoxy) is 1. The van der Waals surface area contributed by atoms with Crippen LogP contribution in [0.25, 0.3) is 22.3 Å². The topological polar surface area (TPSA) is 37.9 Å². The zero-order chi connectivity index (χ0) is 13.2. The van der Waals surface area contributed by atoms with Gasteiger partial charge >= 0.3 is 0 Å². The predicted molar refractivity (Wildman–Crippen MR) is 77.3 cm³/mol. The van der Waals surface area contributed by atoms with Crippen molar-refractivity contribution < 1.29 is 4.74 Å². The fourth-order valence-electron chi connectivity index (χ4n) is 2.10. The number of H-pyrrole nitrogens is 1. The second-order valence-electron chi connectivity index (χ2n) is 4.82. The molecule has 1 N–H and O–H groups in total. The highest BCUT2D eigenvalue weighted by Crippen LogP contribution is 2.25. The summed E-state index contributed by atoms with van der Waals surface area (Å²) >= 11 is 0. The minimum absolute atomic E-state index is 0.197. The van der Waals surface area contributed by atoms with Gasteiger partial charge in [0.05, 0.1) is 6.10 Å². The Labute approximate surface area is 112 Å². The molecule has 3 nitrogen and oxygen atoms in total. The predicted octanol–water partition coefficient (Wildman–Crippen LogP) is 4.02. The molecule has 2 heterocycles. The van der Waals surface area contributed by atoms with Gasteiger partial charge in [0.15, 0.2) is 0 Å². The van der Waals surface area contributed by atoms with Gasteiger partial charge in [0.1, 0.15) is 11.4 Å². The molecule has 0 radical (unpaired) electrons. The summed E-state index contributed by atoms with van der Waals surface area (Å²) < 4.78 is 5.64. The molecule has 0 bridgehead atoms. The molecule has 3 aromatic rings. The second kappa shape index (κ2) is 4.76. The summed E-state index contributed by atoms with van der Waals surface area (Å²) in [6.45, 7) is 4.05. The maximum atomic E-state index is 5.64. The Morgan fingerprint density at radius 1 is 1.11 bits per heavy atom. The van der Waals surface area contributed by atoms with E-state index in [-0.39, 0.29) is 6.10 Å². The molecule has 3 heteroatoms. The molecule has 96 valence electrons. The lowest BCUT2D eigenvalue weighted by Gasteiger charge is -2.09. The number of nitrogens with zero attached hydrogens (tertiary/aromatic N) is 1. The molecule has 0 saturated heterocycles. The molecule has 0 aliphatic carbocycles. The van der Waals surface area contributed by atoms with Crippen molar-refractivity contribution >= 4 is 11.0 Å². The van der Waals surface area contributed by atoms with Crippen LogP contribution in [0.2, 0.25) is 0 Å². The second-order valence-corrected chi connectivity index (χ2v) is 4.82. The molecule has 0 atom stereocenters. The molecule has 0 aliphatic rings. The highest BCUT2D eigenvalue weighted by molar-refractivity contribution is 5.82. The van der Waals surface area contributed by atoms with Crippen molar-refractivity contribution in [3.8, 4) is 17.0 Å². The molecule has 0 amide bonds. The maximum absolute atomic E-state index is 5.64. The zero-order valence-electron chi connectivity index (χ0n) is 11.1. The van der Waals surface area contributed by atoms with Gasteiger partial charge in [-0.2, -0.15) is 0 Å². The Balaban J connectivity index is 1.93. The minimum atomic E-state index is 0.197. The lowest BCUT2D eigenvalue weighted by atomic mass is 10.1. The summed E-state index contributed by atoms with van der Waals surface area (Å²) in [5.74, 6) is 0.896. The van der Waals surface area contributed by atoms with Crippen LogP contribution in [0.4, 0.5) is 0 Å². The van der Waals surface area contributed by atoms with E-state index in [0.717, 1.165) is 28.0 Å². The Bertz CT molecular complexity index is 650. The maximum Gasteiger partial charge on any atom is 0.137 e. The van der Waals surface area contributed by atoms with Crippen LogP contribution in [-0.2, 0) is 0 Å². The van der Waals surface area contributed by atoms with Crippen LogP contribution >= 0.6 is 0 Å². The van der Waals surface area contributed by atoms with Crippen LogP contribution in [0.15, 0.2) is 48.7 Å². The van der Waals surface area contributed by atoms with Crippen LogP contribution in [-0.4, -0.2) is 16.1 Å². The van der Waals surface area contributed by atoms with Gasteiger partial charge in [0.2, 0.25) is 0 Å². The van der Waals surface area contributed by atoms with Crippen molar-refractivity contribution in [1.29, 1.82) is 0 Å². The Hall–Kier alpha value is -2.29. The van der Waals surface area contributed by atoms with Crippen molar-refractivity contribution in [2.45, 2.75) is 20.0 Å². The van der Waals surface area contributed by atoms with E-state index in [1.54, 1.807) is 6.20 Å². The van der Waals surface area contributed by atoms with E-state index in [1.165, 1.54) is 0 Å². The summed E-state index contributed by atoms with van der Waals surface area (Å²) in [5, 5.41) is 1.13. The van der Waals surface area contributed by atoms with E-state index in [9.17, 15) is 0 Å². The number of hydrogen-bond acceptors (Lipinski definition) is 2. The highest BCUT2D eigenvalue weighted by Gasteiger charge is 2.04. The molecule has 3 rings (SSSR count). The van der Waals surface area contributed by atoms with Crippen molar-refractivity contribution in [3.05, 3.63) is 48.7 Å². The van der Waals surface area contributed by atoms with Crippen molar-refractivity contribution in [1.82, 2.24) is 9.97 Å². The fraction of sp³-hybridized carbons (Fsp3) is 0.188. The van der Waals surface area contributed by atoms with Crippen molar-refractivity contribution in [2.24, 2.45) is 0 Å². The van der Waals surface area contributed by atoms with E-state index in [0.29, 0.717) is 0 Å². The van der Waals surface area contributed by atoms with E-state index in [2.05, 4.69) is 34.2 Å². The molecule has 1 aromatic carbocycles. The molecule has 2 aromatic heterocycles. The van der Waals surface area contributed by atoms with Crippen molar-refractivity contribution in [2.75, 3.05) is 0 Å². The molecule has 0 saturated carbocycles. The average molecular weight is 252 g/mol. The third-order valence-corrected chi connectivity index (χ3v) is 2.93. The Morgan fingerprint density at radius 3 is 2.58 bits per heavy atom. The van der Waals surface area contributed by atoms with Crippen LogP contribution in [0, 0.1) is 0 Å². The van der Waals surface area contributed by atoms with Gasteiger partial charge in [0, 0.05) is 17.3 Å². The largest absolute Gasteiger partial charge is 0.491 e. The molecule has 0 fully saturated rings. The van der Waals surface area contributed by atoms with Gasteiger partial charge in [-0.1, -0.05) is 0 Å². The SMILES string of the molecule is CC(C)Oc1ccc(-c2cc3cccnc3[nH]2)cc1. The van der Waals surface area contributed by atoms with Crippen LogP contribution in [0.5, 0.6) is 5.75 Å². The summed E-state index contributed by atoms with van der Waals surface area (Å²) in [7, 11) is 0. The number of benzene rings is 1. The van der Waals surface area contributed by atoms with Gasteiger partial charge in [0.25, 0.3) is 0 Å². The quantitative estimate of drug-likeness (QED) is 0.764. The van der Waals surface area contributed by atoms with Gasteiger partial charge in [-0.3, -0.25) is 0 Å². The van der Waals surface area contributed by atoms with E-state index in [4.69, 9.17) is 4.74 Å². The molecule has 0 spiro atoms. The number of nitrogens with one attached hydrogen (secondary N) is 1. The third-order valence-electron chi connectivity index (χ3n) is 2.93. The fourth-order valence-corrected chi connectivity index (χ4v) is 2.10. The van der Waals surface area contributed by atoms with Gasteiger partial charge < -0.3 is 9.72 Å². The number of pyridine rings is 1. The van der Waals surface area contributed by atoms with Gasteiger partial charge in [-0.15, -0.1) is 0 Å². The van der Waals surface area contributed by atoms with Crippen LogP contribution < -0.4 is 4.74 Å². The molecule has 19 heavy (non-hydrogen) atoms. The van der Waals surface area contributed by atoms with Gasteiger partial charge in [-0.25, -0.2) is 4.98 Å². The molecule has 0 aliphatic heterocycles. The number of fused-ring (bicyclic) bond motifs is 1. The lowest BCUT2D eigenvalue weighted by Crippen LogP contribution is -2.05. The van der Waals surface area contributed by atoms with Crippen molar-refractivity contribution in [3.63, 3.8) is 0 Å². The molecular weight excluding hydrogens is 236 g/mol. The summed E-state index contributed by atoms with van der Waals surface area (Å²) in [4.78, 5) is 7.62. The monoisotopic (exact) mass is 252 g/mol. The Kier molecular flexibility index (Phi) is 2.95. The van der Waals surface area contributed by atoms with E-state index in [1.807, 2.05) is 32.0 Å². The van der Waals surface area contributed by atoms with Gasteiger partial charge in [-0.05, 0) is 61.9 Å². The standard InChI is InChI=1S/C16H16N2O/c1-11(2)19-14-7-5-12(6-8-14)15-10-13-4-3-9-17-16(13)18-15/h3-11H,1-2H3,(H,17,18).